The Morgan fingerprint density at radius 3 is 2.57 bits per heavy atom. The lowest BCUT2D eigenvalue weighted by Crippen LogP contribution is -2.42. The first kappa shape index (κ1) is 25.3. The highest BCUT2D eigenvalue weighted by Crippen LogP contribution is 2.33. The van der Waals surface area contributed by atoms with Gasteiger partial charge in [-0.3, -0.25) is 19.3 Å². The molecule has 2 aliphatic heterocycles. The molecule has 2 heterocycles. The minimum absolute atomic E-state index is 0.176. The van der Waals surface area contributed by atoms with Crippen molar-refractivity contribution in [1.82, 2.24) is 9.80 Å². The molecule has 2 aromatic rings. The van der Waals surface area contributed by atoms with Gasteiger partial charge >= 0.3 is 0 Å². The highest BCUT2D eigenvalue weighted by Gasteiger charge is 2.37. The number of rotatable bonds is 6. The molecule has 2 saturated heterocycles. The summed E-state index contributed by atoms with van der Waals surface area (Å²) in [6.45, 7) is 1.42. The highest BCUT2D eigenvalue weighted by molar-refractivity contribution is 14.1. The van der Waals surface area contributed by atoms with E-state index in [1.807, 2.05) is 30.3 Å². The molecule has 9 heteroatoms. The third-order valence-corrected chi connectivity index (χ3v) is 7.65. The lowest BCUT2D eigenvalue weighted by Gasteiger charge is -2.22. The van der Waals surface area contributed by atoms with Crippen LogP contribution in [-0.4, -0.2) is 46.5 Å². The molecule has 2 fully saturated rings. The fraction of sp³-hybridized carbons (Fsp3) is 0.308. The third-order valence-electron chi connectivity index (χ3n) is 5.90. The van der Waals surface area contributed by atoms with Crippen LogP contribution in [0.4, 0.5) is 4.79 Å². The van der Waals surface area contributed by atoms with Crippen LogP contribution in [0.25, 0.3) is 6.08 Å². The van der Waals surface area contributed by atoms with E-state index in [9.17, 15) is 19.6 Å². The SMILES string of the molecule is N#Cc1ccccc1COc1ccc(C=C2SC(=O)N(CC(=O)N3CCCCCC3)C2=O)cc1I. The van der Waals surface area contributed by atoms with Gasteiger partial charge in [-0.25, -0.2) is 0 Å². The van der Waals surface area contributed by atoms with Crippen molar-refractivity contribution in [3.05, 3.63) is 67.6 Å². The Hall–Kier alpha value is -2.84. The van der Waals surface area contributed by atoms with Gasteiger partial charge in [0.25, 0.3) is 11.1 Å². The van der Waals surface area contributed by atoms with Crippen molar-refractivity contribution >= 4 is 57.5 Å². The number of likely N-dealkylation sites (tertiary alicyclic amines) is 1. The quantitative estimate of drug-likeness (QED) is 0.335. The molecule has 2 aliphatic rings. The van der Waals surface area contributed by atoms with Crippen LogP contribution in [0.5, 0.6) is 5.75 Å². The molecule has 0 aromatic heterocycles. The van der Waals surface area contributed by atoms with Gasteiger partial charge in [0.15, 0.2) is 0 Å². The van der Waals surface area contributed by atoms with Crippen molar-refractivity contribution in [3.63, 3.8) is 0 Å². The number of hydrogen-bond acceptors (Lipinski definition) is 6. The molecule has 0 saturated carbocycles. The predicted molar refractivity (Wildman–Crippen MR) is 142 cm³/mol. The van der Waals surface area contributed by atoms with Crippen molar-refractivity contribution in [2.75, 3.05) is 19.6 Å². The van der Waals surface area contributed by atoms with Gasteiger partial charge in [0.2, 0.25) is 5.91 Å². The molecule has 3 amide bonds. The maximum atomic E-state index is 12.9. The summed E-state index contributed by atoms with van der Waals surface area (Å²) in [6.07, 6.45) is 5.78. The van der Waals surface area contributed by atoms with Crippen LogP contribution >= 0.6 is 34.4 Å². The van der Waals surface area contributed by atoms with E-state index in [4.69, 9.17) is 4.74 Å². The molecular formula is C26H24IN3O4S. The molecule has 0 aliphatic carbocycles. The number of thioether (sulfide) groups is 1. The molecule has 4 rings (SSSR count). The lowest BCUT2D eigenvalue weighted by molar-refractivity contribution is -0.135. The minimum Gasteiger partial charge on any atom is -0.488 e. The average molecular weight is 601 g/mol. The summed E-state index contributed by atoms with van der Waals surface area (Å²) < 4.78 is 6.73. The van der Waals surface area contributed by atoms with Crippen LogP contribution in [0, 0.1) is 14.9 Å². The van der Waals surface area contributed by atoms with Crippen molar-refractivity contribution < 1.29 is 19.1 Å². The summed E-state index contributed by atoms with van der Waals surface area (Å²) >= 11 is 3.01. The molecule has 2 aromatic carbocycles. The van der Waals surface area contributed by atoms with Gasteiger partial charge < -0.3 is 9.64 Å². The molecule has 180 valence electrons. The van der Waals surface area contributed by atoms with Crippen molar-refractivity contribution in [1.29, 1.82) is 5.26 Å². The summed E-state index contributed by atoms with van der Waals surface area (Å²) in [5.74, 6) is 0.0442. The van der Waals surface area contributed by atoms with Crippen molar-refractivity contribution in [2.24, 2.45) is 0 Å². The smallest absolute Gasteiger partial charge is 0.294 e. The van der Waals surface area contributed by atoms with Crippen LogP contribution in [0.15, 0.2) is 47.4 Å². The molecule has 35 heavy (non-hydrogen) atoms. The highest BCUT2D eigenvalue weighted by atomic mass is 127. The summed E-state index contributed by atoms with van der Waals surface area (Å²) in [4.78, 5) is 41.1. The number of hydrogen-bond donors (Lipinski definition) is 0. The number of carbonyl (C=O) groups excluding carboxylic acids is 3. The van der Waals surface area contributed by atoms with Gasteiger partial charge in [0, 0.05) is 18.7 Å². The second-order valence-electron chi connectivity index (χ2n) is 8.31. The van der Waals surface area contributed by atoms with Crippen LogP contribution in [0.2, 0.25) is 0 Å². The van der Waals surface area contributed by atoms with Gasteiger partial charge in [-0.2, -0.15) is 5.26 Å². The number of halogens is 1. The summed E-state index contributed by atoms with van der Waals surface area (Å²) in [5.41, 5.74) is 2.13. The molecule has 7 nitrogen and oxygen atoms in total. The number of nitrogens with zero attached hydrogens (tertiary/aromatic N) is 3. The van der Waals surface area contributed by atoms with E-state index in [0.717, 1.165) is 57.0 Å². The fourth-order valence-electron chi connectivity index (χ4n) is 3.98. The normalized spacial score (nSPS) is 17.4. The summed E-state index contributed by atoms with van der Waals surface area (Å²) in [6, 6.07) is 14.9. The Kier molecular flexibility index (Phi) is 8.46. The summed E-state index contributed by atoms with van der Waals surface area (Å²) in [7, 11) is 0. The summed E-state index contributed by atoms with van der Waals surface area (Å²) in [5, 5.41) is 8.81. The van der Waals surface area contributed by atoms with Gasteiger partial charge in [-0.15, -0.1) is 0 Å². The maximum absolute atomic E-state index is 12.9. The number of ether oxygens (including phenoxy) is 1. The zero-order chi connectivity index (χ0) is 24.8. The largest absolute Gasteiger partial charge is 0.488 e. The van der Waals surface area contributed by atoms with Crippen molar-refractivity contribution in [2.45, 2.75) is 32.3 Å². The van der Waals surface area contributed by atoms with E-state index >= 15 is 0 Å². The van der Waals surface area contributed by atoms with Gasteiger partial charge in [0.05, 0.1) is 20.1 Å². The molecule has 0 bridgehead atoms. The van der Waals surface area contributed by atoms with Gasteiger partial charge in [0.1, 0.15) is 18.9 Å². The zero-order valence-electron chi connectivity index (χ0n) is 19.0. The van der Waals surface area contributed by atoms with E-state index < -0.39 is 11.1 Å². The zero-order valence-corrected chi connectivity index (χ0v) is 22.0. The molecule has 0 unspecified atom stereocenters. The van der Waals surface area contributed by atoms with Crippen LogP contribution in [0.1, 0.15) is 42.4 Å². The van der Waals surface area contributed by atoms with Crippen LogP contribution in [-0.2, 0) is 16.2 Å². The Morgan fingerprint density at radius 1 is 1.11 bits per heavy atom. The number of benzene rings is 2. The lowest BCUT2D eigenvalue weighted by atomic mass is 10.1. The number of imide groups is 1. The molecular weight excluding hydrogens is 577 g/mol. The Bertz CT molecular complexity index is 1220. The van der Waals surface area contributed by atoms with Crippen LogP contribution < -0.4 is 4.74 Å². The van der Waals surface area contributed by atoms with E-state index in [0.29, 0.717) is 29.3 Å². The first-order valence-electron chi connectivity index (χ1n) is 11.4. The maximum Gasteiger partial charge on any atom is 0.294 e. The van der Waals surface area contributed by atoms with E-state index in [1.165, 1.54) is 0 Å². The third kappa shape index (κ3) is 6.24. The van der Waals surface area contributed by atoms with Crippen molar-refractivity contribution in [3.8, 4) is 11.8 Å². The van der Waals surface area contributed by atoms with E-state index in [2.05, 4.69) is 28.7 Å². The number of carbonyl (C=O) groups is 3. The van der Waals surface area contributed by atoms with E-state index in [1.54, 1.807) is 23.1 Å². The second kappa shape index (κ2) is 11.7. The molecule has 0 spiro atoms. The minimum atomic E-state index is -0.438. The number of nitriles is 1. The predicted octanol–water partition coefficient (Wildman–Crippen LogP) is 5.18. The average Bonchev–Trinajstić information content (AvgIpc) is 3.05. The monoisotopic (exact) mass is 601 g/mol. The van der Waals surface area contributed by atoms with Crippen LogP contribution in [0.3, 0.4) is 0 Å². The Morgan fingerprint density at radius 2 is 1.86 bits per heavy atom. The first-order chi connectivity index (χ1) is 17.0. The molecule has 0 atom stereocenters. The molecule has 0 N–H and O–H groups in total. The topological polar surface area (TPSA) is 90.7 Å². The second-order valence-corrected chi connectivity index (χ2v) is 10.5. The van der Waals surface area contributed by atoms with E-state index in [-0.39, 0.29) is 19.1 Å². The standard InChI is InChI=1S/C26H24IN3O4S/c27-21-13-18(9-10-22(21)34-17-20-8-4-3-7-19(20)15-28)14-23-25(32)30(26(33)35-23)16-24(31)29-11-5-1-2-6-12-29/h3-4,7-10,13-14H,1-2,5-6,11-12,16-17H2. The molecule has 0 radical (unpaired) electrons. The van der Waals surface area contributed by atoms with Gasteiger partial charge in [-0.1, -0.05) is 37.1 Å². The Balaban J connectivity index is 1.41. The number of amides is 3. The first-order valence-corrected chi connectivity index (χ1v) is 13.3. The van der Waals surface area contributed by atoms with Gasteiger partial charge in [-0.05, 0) is 77.0 Å². The Labute approximate surface area is 222 Å². The fourth-order valence-corrected chi connectivity index (χ4v) is 5.51.